The largest absolute Gasteiger partial charge is 0.369 e. The lowest BCUT2D eigenvalue weighted by Gasteiger charge is -2.40. The van der Waals surface area contributed by atoms with Gasteiger partial charge in [0.05, 0.1) is 24.9 Å². The van der Waals surface area contributed by atoms with Crippen LogP contribution in [0, 0.1) is 0 Å². The minimum atomic E-state index is -0.517. The van der Waals surface area contributed by atoms with Gasteiger partial charge in [0.1, 0.15) is 0 Å². The fourth-order valence-corrected chi connectivity index (χ4v) is 2.88. The van der Waals surface area contributed by atoms with Crippen molar-refractivity contribution >= 4 is 0 Å². The predicted molar refractivity (Wildman–Crippen MR) is 88.6 cm³/mol. The molecule has 1 aliphatic heterocycles. The molecule has 122 valence electrons. The zero-order valence-electron chi connectivity index (χ0n) is 14.2. The van der Waals surface area contributed by atoms with E-state index >= 15 is 0 Å². The van der Waals surface area contributed by atoms with E-state index in [9.17, 15) is 0 Å². The Bertz CT molecular complexity index is 481. The second-order valence-corrected chi connectivity index (χ2v) is 6.61. The van der Waals surface area contributed by atoms with E-state index in [-0.39, 0.29) is 18.3 Å². The number of benzene rings is 1. The van der Waals surface area contributed by atoms with E-state index in [0.717, 1.165) is 18.4 Å². The Hall–Kier alpha value is -1.16. The Balaban J connectivity index is 1.81. The Kier molecular flexibility index (Phi) is 5.79. The van der Waals surface area contributed by atoms with Crippen LogP contribution in [0.25, 0.3) is 0 Å². The molecule has 22 heavy (non-hydrogen) atoms. The molecular formula is C19H28O3. The lowest BCUT2D eigenvalue weighted by atomic mass is 9.99. The molecule has 0 spiro atoms. The molecule has 1 aromatic rings. The Morgan fingerprint density at radius 2 is 2.00 bits per heavy atom. The minimum Gasteiger partial charge on any atom is -0.369 e. The van der Waals surface area contributed by atoms with Crippen LogP contribution in [0.15, 0.2) is 42.5 Å². The molecule has 1 heterocycles. The quantitative estimate of drug-likeness (QED) is 0.726. The van der Waals surface area contributed by atoms with Gasteiger partial charge in [-0.05, 0) is 45.3 Å². The molecule has 0 N–H and O–H groups in total. The zero-order chi connectivity index (χ0) is 16.2. The van der Waals surface area contributed by atoms with Gasteiger partial charge in [0, 0.05) is 6.42 Å². The summed E-state index contributed by atoms with van der Waals surface area (Å²) in [7, 11) is 0. The van der Waals surface area contributed by atoms with Gasteiger partial charge in [0.15, 0.2) is 5.79 Å². The van der Waals surface area contributed by atoms with Crippen LogP contribution in [0.4, 0.5) is 0 Å². The first-order chi connectivity index (χ1) is 10.4. The molecule has 3 heteroatoms. The second kappa shape index (κ2) is 7.40. The van der Waals surface area contributed by atoms with Crippen LogP contribution < -0.4 is 0 Å². The van der Waals surface area contributed by atoms with Crippen LogP contribution in [0.1, 0.15) is 46.1 Å². The molecule has 1 aliphatic rings. The van der Waals surface area contributed by atoms with Crippen molar-refractivity contribution in [2.24, 2.45) is 0 Å². The third-order valence-electron chi connectivity index (χ3n) is 3.94. The number of hydrogen-bond donors (Lipinski definition) is 0. The van der Waals surface area contributed by atoms with Crippen LogP contribution in [-0.2, 0) is 20.8 Å². The highest BCUT2D eigenvalue weighted by atomic mass is 16.7. The number of hydrogen-bond acceptors (Lipinski definition) is 3. The molecule has 1 saturated heterocycles. The van der Waals surface area contributed by atoms with Crippen molar-refractivity contribution in [3.05, 3.63) is 48.0 Å². The highest BCUT2D eigenvalue weighted by molar-refractivity contribution is 5.14. The first-order valence-corrected chi connectivity index (χ1v) is 8.04. The van der Waals surface area contributed by atoms with E-state index in [2.05, 4.69) is 32.6 Å². The van der Waals surface area contributed by atoms with Gasteiger partial charge < -0.3 is 14.2 Å². The van der Waals surface area contributed by atoms with E-state index < -0.39 is 5.79 Å². The molecule has 2 rings (SSSR count). The van der Waals surface area contributed by atoms with Gasteiger partial charge in [-0.3, -0.25) is 0 Å². The van der Waals surface area contributed by atoms with Gasteiger partial charge in [-0.2, -0.15) is 0 Å². The average molecular weight is 304 g/mol. The van der Waals surface area contributed by atoms with Crippen LogP contribution in [0.2, 0.25) is 0 Å². The number of rotatable bonds is 6. The molecule has 1 aromatic carbocycles. The molecule has 3 nitrogen and oxygen atoms in total. The highest BCUT2D eigenvalue weighted by Crippen LogP contribution is 2.30. The van der Waals surface area contributed by atoms with Crippen molar-refractivity contribution in [3.63, 3.8) is 0 Å². The van der Waals surface area contributed by atoms with Gasteiger partial charge in [-0.15, -0.1) is 0 Å². The summed E-state index contributed by atoms with van der Waals surface area (Å²) >= 11 is 0. The van der Waals surface area contributed by atoms with Crippen LogP contribution >= 0.6 is 0 Å². The zero-order valence-corrected chi connectivity index (χ0v) is 14.2. The van der Waals surface area contributed by atoms with Gasteiger partial charge >= 0.3 is 0 Å². The van der Waals surface area contributed by atoms with E-state index in [0.29, 0.717) is 6.61 Å². The lowest BCUT2D eigenvalue weighted by Crippen LogP contribution is -2.43. The van der Waals surface area contributed by atoms with Gasteiger partial charge in [0.2, 0.25) is 0 Å². The second-order valence-electron chi connectivity index (χ2n) is 6.61. The fourth-order valence-electron chi connectivity index (χ4n) is 2.88. The maximum atomic E-state index is 5.99. The summed E-state index contributed by atoms with van der Waals surface area (Å²) in [5.74, 6) is -0.517. The summed E-state index contributed by atoms with van der Waals surface area (Å²) in [5, 5.41) is 0. The molecule has 0 aromatic heterocycles. The Morgan fingerprint density at radius 1 is 1.32 bits per heavy atom. The molecule has 0 amide bonds. The van der Waals surface area contributed by atoms with Crippen molar-refractivity contribution in [1.29, 1.82) is 0 Å². The fraction of sp³-hybridized carbons (Fsp3) is 0.579. The lowest BCUT2D eigenvalue weighted by molar-refractivity contribution is -0.295. The van der Waals surface area contributed by atoms with Crippen LogP contribution in [0.5, 0.6) is 0 Å². The van der Waals surface area contributed by atoms with Crippen LogP contribution in [0.3, 0.4) is 0 Å². The first kappa shape index (κ1) is 17.2. The summed E-state index contributed by atoms with van der Waals surface area (Å²) in [4.78, 5) is 0. The Morgan fingerprint density at radius 3 is 2.64 bits per heavy atom. The maximum absolute atomic E-state index is 5.99. The third kappa shape index (κ3) is 5.24. The summed E-state index contributed by atoms with van der Waals surface area (Å²) in [6, 6.07) is 10.2. The van der Waals surface area contributed by atoms with Gasteiger partial charge in [-0.1, -0.05) is 36.9 Å². The standard InChI is InChI=1S/C19H28O3/c1-14(11-18-12-15(2)21-19(4,5)22-18)16(3)20-13-17-9-7-6-8-10-17/h6-10,15-16,18H,1,11-13H2,2-5H3/t15-,16+,18-/m0/s1. The molecular weight excluding hydrogens is 276 g/mol. The SMILES string of the molecule is C=C(C[C@H]1C[C@H](C)OC(C)(C)O1)[C@@H](C)OCc1ccccc1. The van der Waals surface area contributed by atoms with Gasteiger partial charge in [0.25, 0.3) is 0 Å². The first-order valence-electron chi connectivity index (χ1n) is 8.04. The molecule has 0 unspecified atom stereocenters. The molecule has 3 atom stereocenters. The maximum Gasteiger partial charge on any atom is 0.163 e. The Labute approximate surface area is 134 Å². The highest BCUT2D eigenvalue weighted by Gasteiger charge is 2.33. The predicted octanol–water partition coefficient (Wildman–Crippen LogP) is 4.47. The molecule has 0 aliphatic carbocycles. The number of ether oxygens (including phenoxy) is 3. The monoisotopic (exact) mass is 304 g/mol. The summed E-state index contributed by atoms with van der Waals surface area (Å²) in [6.07, 6.45) is 2.09. The summed E-state index contributed by atoms with van der Waals surface area (Å²) in [5.41, 5.74) is 2.25. The minimum absolute atomic E-state index is 0.0186. The van der Waals surface area contributed by atoms with E-state index in [1.54, 1.807) is 0 Å². The average Bonchev–Trinajstić information content (AvgIpc) is 2.43. The topological polar surface area (TPSA) is 27.7 Å². The van der Waals surface area contributed by atoms with E-state index in [4.69, 9.17) is 14.2 Å². The van der Waals surface area contributed by atoms with E-state index in [1.807, 2.05) is 32.0 Å². The van der Waals surface area contributed by atoms with Crippen LogP contribution in [-0.4, -0.2) is 24.1 Å². The molecule has 0 saturated carbocycles. The van der Waals surface area contributed by atoms with Crippen molar-refractivity contribution < 1.29 is 14.2 Å². The van der Waals surface area contributed by atoms with Crippen molar-refractivity contribution in [1.82, 2.24) is 0 Å². The normalized spacial score (nSPS) is 25.6. The van der Waals surface area contributed by atoms with Crippen molar-refractivity contribution in [3.8, 4) is 0 Å². The summed E-state index contributed by atoms with van der Waals surface area (Å²) < 4.78 is 17.7. The van der Waals surface area contributed by atoms with Crippen molar-refractivity contribution in [2.75, 3.05) is 0 Å². The molecule has 1 fully saturated rings. The van der Waals surface area contributed by atoms with Gasteiger partial charge in [-0.25, -0.2) is 0 Å². The summed E-state index contributed by atoms with van der Waals surface area (Å²) in [6.45, 7) is 12.9. The van der Waals surface area contributed by atoms with E-state index in [1.165, 1.54) is 5.56 Å². The molecule has 0 bridgehead atoms. The smallest absolute Gasteiger partial charge is 0.163 e. The van der Waals surface area contributed by atoms with Crippen molar-refractivity contribution in [2.45, 2.75) is 71.2 Å². The third-order valence-corrected chi connectivity index (χ3v) is 3.94. The molecule has 0 radical (unpaired) electrons.